The van der Waals surface area contributed by atoms with Crippen molar-refractivity contribution in [1.82, 2.24) is 0 Å². The molecule has 0 aliphatic rings. The van der Waals surface area contributed by atoms with E-state index in [9.17, 15) is 26.7 Å². The van der Waals surface area contributed by atoms with Crippen LogP contribution in [0.15, 0.2) is 12.1 Å². The van der Waals surface area contributed by atoms with E-state index in [1.807, 2.05) is 0 Å². The molecule has 0 atom stereocenters. The molecule has 0 fully saturated rings. The Morgan fingerprint density at radius 2 is 1.89 bits per heavy atom. The normalized spacial score (nSPS) is 10.7. The third-order valence-corrected chi connectivity index (χ3v) is 1.74. The third-order valence-electron chi connectivity index (χ3n) is 1.74. The largest absolute Gasteiger partial charge is 0.432 e. The average Bonchev–Trinajstić information content (AvgIpc) is 2.25. The molecule has 0 aliphatic carbocycles. The van der Waals surface area contributed by atoms with Gasteiger partial charge in [-0.15, -0.1) is 0 Å². The lowest BCUT2D eigenvalue weighted by molar-refractivity contribution is -0.236. The summed E-state index contributed by atoms with van der Waals surface area (Å²) in [4.78, 5) is 12.7. The zero-order chi connectivity index (χ0) is 13.9. The summed E-state index contributed by atoms with van der Waals surface area (Å²) >= 11 is 0. The quantitative estimate of drug-likeness (QED) is 0.210. The molecule has 0 bridgehead atoms. The number of ether oxygens (including phenoxy) is 1. The first-order chi connectivity index (χ1) is 8.29. The van der Waals surface area contributed by atoms with Crippen LogP contribution in [0.25, 0.3) is 5.53 Å². The summed E-state index contributed by atoms with van der Waals surface area (Å²) in [6.07, 6.45) is -4.57. The highest BCUT2D eigenvalue weighted by molar-refractivity contribution is 6.20. The van der Waals surface area contributed by atoms with Crippen molar-refractivity contribution in [3.8, 4) is 0 Å². The predicted octanol–water partition coefficient (Wildman–Crippen LogP) is 2.00. The number of rotatable bonds is 3. The lowest BCUT2D eigenvalue weighted by atomic mass is 10.2. The van der Waals surface area contributed by atoms with Crippen molar-refractivity contribution < 1.29 is 36.3 Å². The van der Waals surface area contributed by atoms with Crippen LogP contribution in [0, 0.1) is 17.5 Å². The van der Waals surface area contributed by atoms with E-state index in [0.717, 1.165) is 0 Å². The molecule has 1 rings (SSSR count). The van der Waals surface area contributed by atoms with Gasteiger partial charge in [0.1, 0.15) is 5.56 Å². The third kappa shape index (κ3) is 2.69. The minimum atomic E-state index is -4.54. The van der Waals surface area contributed by atoms with E-state index >= 15 is 0 Å². The van der Waals surface area contributed by atoms with Gasteiger partial charge in [-0.25, -0.2) is 18.0 Å². The van der Waals surface area contributed by atoms with Crippen molar-refractivity contribution in [3.63, 3.8) is 0 Å². The summed E-state index contributed by atoms with van der Waals surface area (Å²) in [5, 5.41) is 0. The summed E-state index contributed by atoms with van der Waals surface area (Å²) in [5.41, 5.74) is 6.21. The fourth-order valence-corrected chi connectivity index (χ4v) is 1.01. The van der Waals surface area contributed by atoms with Gasteiger partial charge < -0.3 is 10.3 Å². The Morgan fingerprint density at radius 1 is 1.28 bits per heavy atom. The zero-order valence-electron chi connectivity index (χ0n) is 8.33. The van der Waals surface area contributed by atoms with Crippen LogP contribution in [-0.2, 0) is 15.6 Å². The molecule has 1 aromatic carbocycles. The number of carbonyl (C=O) groups excluding carboxylic acids is 1. The molecule has 0 unspecified atom stereocenters. The molecule has 0 spiro atoms. The van der Waals surface area contributed by atoms with E-state index in [1.165, 1.54) is 0 Å². The molecule has 0 saturated heterocycles. The number of benzene rings is 1. The second-order valence-corrected chi connectivity index (χ2v) is 2.91. The van der Waals surface area contributed by atoms with Crippen LogP contribution >= 0.6 is 0 Å². The molecule has 0 aromatic heterocycles. The van der Waals surface area contributed by atoms with Crippen molar-refractivity contribution in [3.05, 3.63) is 40.7 Å². The van der Waals surface area contributed by atoms with E-state index in [-0.39, 0.29) is 18.3 Å². The zero-order valence-corrected chi connectivity index (χ0v) is 8.33. The average molecular weight is 266 g/mol. The maximum atomic E-state index is 13.2. The van der Waals surface area contributed by atoms with Crippen LogP contribution in [0.3, 0.4) is 0 Å². The van der Waals surface area contributed by atoms with Gasteiger partial charge in [0, 0.05) is 0 Å². The lowest BCUT2D eigenvalue weighted by Crippen LogP contribution is -2.25. The topological polar surface area (TPSA) is 62.7 Å². The molecule has 18 heavy (non-hydrogen) atoms. The molecule has 0 aliphatic heterocycles. The molecule has 0 saturated carbocycles. The van der Waals surface area contributed by atoms with Crippen molar-refractivity contribution in [2.75, 3.05) is 0 Å². The van der Waals surface area contributed by atoms with Gasteiger partial charge in [-0.2, -0.15) is 13.6 Å². The molecule has 0 radical (unpaired) electrons. The van der Waals surface area contributed by atoms with Gasteiger partial charge >= 0.3 is 18.3 Å². The fraction of sp³-hybridized carbons (Fsp3) is 0.111. The summed E-state index contributed by atoms with van der Waals surface area (Å²) in [7, 11) is 0. The van der Waals surface area contributed by atoms with E-state index in [2.05, 4.69) is 9.53 Å². The number of hydrogen-bond acceptors (Lipinski definition) is 2. The molecule has 9 heteroatoms. The predicted molar refractivity (Wildman–Crippen MR) is 46.0 cm³/mol. The number of carbonyl (C=O) groups is 1. The second-order valence-electron chi connectivity index (χ2n) is 2.91. The van der Waals surface area contributed by atoms with Crippen molar-refractivity contribution in [1.29, 1.82) is 0 Å². The molecule has 0 heterocycles. The number of alkyl halides is 2. The summed E-state index contributed by atoms with van der Waals surface area (Å²) in [6.45, 7) is 0. The van der Waals surface area contributed by atoms with Crippen molar-refractivity contribution in [2.24, 2.45) is 0 Å². The molecular formula is C9H3F5N2O2. The Hall–Kier alpha value is -2.28. The Labute approximate surface area is 96.2 Å². The molecule has 96 valence electrons. The first kappa shape index (κ1) is 13.8. The highest BCUT2D eigenvalue weighted by atomic mass is 19.3. The molecule has 0 N–H and O–H groups in total. The summed E-state index contributed by atoms with van der Waals surface area (Å²) < 4.78 is 68.1. The highest BCUT2D eigenvalue weighted by Gasteiger charge is 2.41. The second kappa shape index (κ2) is 4.92. The number of hydrogen-bond donors (Lipinski definition) is 0. The van der Waals surface area contributed by atoms with Crippen LogP contribution in [-0.4, -0.2) is 17.0 Å². The van der Waals surface area contributed by atoms with Gasteiger partial charge in [-0.05, 0) is 12.1 Å². The van der Waals surface area contributed by atoms with Gasteiger partial charge in [-0.1, -0.05) is 0 Å². The molecule has 4 nitrogen and oxygen atoms in total. The Balaban J connectivity index is 3.16. The first-order valence-electron chi connectivity index (χ1n) is 4.21. The molecule has 0 amide bonds. The Morgan fingerprint density at radius 3 is 2.44 bits per heavy atom. The smallest absolute Gasteiger partial charge is 0.388 e. The van der Waals surface area contributed by atoms with Crippen LogP contribution in [0.2, 0.25) is 0 Å². The van der Waals surface area contributed by atoms with Gasteiger partial charge in [0.05, 0.1) is 0 Å². The molecular weight excluding hydrogens is 263 g/mol. The van der Waals surface area contributed by atoms with Crippen LogP contribution in [0.1, 0.15) is 5.56 Å². The van der Waals surface area contributed by atoms with Gasteiger partial charge in [0.15, 0.2) is 17.5 Å². The van der Waals surface area contributed by atoms with E-state index < -0.39 is 35.1 Å². The standard InChI is InChI=1S/C9H3F5N2O2/c10-5-2-1-4(7(11)8(5)12)9(13,14)18-6(17)3-16-15/h1-3H. The van der Waals surface area contributed by atoms with Crippen molar-refractivity contribution in [2.45, 2.75) is 6.11 Å². The van der Waals surface area contributed by atoms with Gasteiger partial charge in [-0.3, -0.25) is 0 Å². The van der Waals surface area contributed by atoms with Crippen LogP contribution in [0.5, 0.6) is 0 Å². The fourth-order valence-electron chi connectivity index (χ4n) is 1.01. The summed E-state index contributed by atoms with van der Waals surface area (Å²) in [6, 6.07) is 0.465. The number of esters is 1. The van der Waals surface area contributed by atoms with Crippen molar-refractivity contribution >= 4 is 12.2 Å². The number of nitrogens with zero attached hydrogens (tertiary/aromatic N) is 2. The Kier molecular flexibility index (Phi) is 3.77. The number of halogens is 5. The van der Waals surface area contributed by atoms with Crippen LogP contribution in [0.4, 0.5) is 22.0 Å². The van der Waals surface area contributed by atoms with E-state index in [4.69, 9.17) is 5.53 Å². The van der Waals surface area contributed by atoms with E-state index in [1.54, 1.807) is 0 Å². The summed E-state index contributed by atoms with van der Waals surface area (Å²) in [5.74, 6) is -7.78. The molecule has 1 aromatic rings. The monoisotopic (exact) mass is 266 g/mol. The van der Waals surface area contributed by atoms with E-state index in [0.29, 0.717) is 0 Å². The Bertz CT molecular complexity index is 540. The van der Waals surface area contributed by atoms with Crippen LogP contribution < -0.4 is 0 Å². The SMILES string of the molecule is [N-]=[N+]=CC(=O)OC(F)(F)c1ccc(F)c(F)c1F. The maximum Gasteiger partial charge on any atom is 0.432 e. The minimum Gasteiger partial charge on any atom is -0.388 e. The van der Waals surface area contributed by atoms with Gasteiger partial charge in [0.2, 0.25) is 0 Å². The lowest BCUT2D eigenvalue weighted by Gasteiger charge is -2.15. The minimum absolute atomic E-state index is 0.0221. The first-order valence-corrected chi connectivity index (χ1v) is 4.21. The van der Waals surface area contributed by atoms with Gasteiger partial charge in [0.25, 0.3) is 0 Å². The highest BCUT2D eigenvalue weighted by Crippen LogP contribution is 2.32. The maximum absolute atomic E-state index is 13.2.